The van der Waals surface area contributed by atoms with Gasteiger partial charge in [-0.05, 0) is 24.6 Å². The summed E-state index contributed by atoms with van der Waals surface area (Å²) in [6, 6.07) is 7.63. The zero-order valence-corrected chi connectivity index (χ0v) is 9.65. The molecular formula is C10H13BrO3. The third-order valence-corrected chi connectivity index (χ3v) is 1.88. The zero-order chi connectivity index (χ0) is 11.1. The molecule has 0 spiro atoms. The summed E-state index contributed by atoms with van der Waals surface area (Å²) in [6.07, 6.45) is -0.368. The predicted octanol–water partition coefficient (Wildman–Crippen LogP) is 2.59. The highest BCUT2D eigenvalue weighted by molar-refractivity contribution is 9.10. The van der Waals surface area contributed by atoms with Gasteiger partial charge in [-0.25, -0.2) is 0 Å². The van der Waals surface area contributed by atoms with Gasteiger partial charge in [-0.1, -0.05) is 28.1 Å². The largest absolute Gasteiger partial charge is 0.481 e. The number of aliphatic hydroxyl groups excluding tert-OH is 1. The molecular weight excluding hydrogens is 248 g/mol. The molecule has 2 N–H and O–H groups in total. The minimum Gasteiger partial charge on any atom is -0.481 e. The van der Waals surface area contributed by atoms with Crippen LogP contribution in [0.3, 0.4) is 0 Å². The van der Waals surface area contributed by atoms with Crippen molar-refractivity contribution >= 4 is 21.9 Å². The summed E-state index contributed by atoms with van der Waals surface area (Å²) in [5, 5.41) is 16.5. The van der Waals surface area contributed by atoms with E-state index in [-0.39, 0.29) is 6.10 Å². The molecule has 0 saturated carbocycles. The van der Waals surface area contributed by atoms with Crippen molar-refractivity contribution in [1.29, 1.82) is 0 Å². The molecule has 78 valence electrons. The molecule has 0 heterocycles. The molecule has 0 amide bonds. The molecule has 0 aliphatic rings. The van der Waals surface area contributed by atoms with Gasteiger partial charge >= 0.3 is 0 Å². The highest BCUT2D eigenvalue weighted by Gasteiger charge is 1.97. The zero-order valence-electron chi connectivity index (χ0n) is 8.07. The van der Waals surface area contributed by atoms with E-state index in [1.165, 1.54) is 0 Å². The Hall–Kier alpha value is -0.870. The van der Waals surface area contributed by atoms with Gasteiger partial charge in [0.15, 0.2) is 0 Å². The van der Waals surface area contributed by atoms with Crippen LogP contribution >= 0.6 is 15.9 Å². The molecule has 0 unspecified atom stereocenters. The molecule has 0 aliphatic heterocycles. The summed E-state index contributed by atoms with van der Waals surface area (Å²) in [4.78, 5) is 9.00. The van der Waals surface area contributed by atoms with E-state index in [0.717, 1.165) is 17.0 Å². The third kappa shape index (κ3) is 6.62. The summed E-state index contributed by atoms with van der Waals surface area (Å²) >= 11 is 3.31. The fourth-order valence-corrected chi connectivity index (χ4v) is 1.01. The molecule has 0 radical (unpaired) electrons. The molecule has 1 aromatic carbocycles. The van der Waals surface area contributed by atoms with Crippen molar-refractivity contribution in [3.05, 3.63) is 34.3 Å². The monoisotopic (exact) mass is 260 g/mol. The van der Waals surface area contributed by atoms with Crippen LogP contribution in [0.25, 0.3) is 0 Å². The molecule has 1 atom stereocenters. The van der Waals surface area contributed by atoms with Gasteiger partial charge in [0.1, 0.15) is 0 Å². The number of benzene rings is 1. The van der Waals surface area contributed by atoms with Gasteiger partial charge in [-0.15, -0.1) is 0 Å². The average Bonchev–Trinajstić information content (AvgIpc) is 2.03. The molecule has 3 nitrogen and oxygen atoms in total. The van der Waals surface area contributed by atoms with Crippen molar-refractivity contribution < 1.29 is 15.0 Å². The maximum atomic E-state index is 9.10. The first-order valence-corrected chi connectivity index (χ1v) is 4.86. The van der Waals surface area contributed by atoms with Crippen LogP contribution in [-0.4, -0.2) is 16.2 Å². The predicted molar refractivity (Wildman–Crippen MR) is 58.1 cm³/mol. The quantitative estimate of drug-likeness (QED) is 0.816. The Morgan fingerprint density at radius 3 is 2.00 bits per heavy atom. The highest BCUT2D eigenvalue weighted by atomic mass is 79.9. The second-order valence-corrected chi connectivity index (χ2v) is 3.66. The molecule has 0 bridgehead atoms. The summed E-state index contributed by atoms with van der Waals surface area (Å²) in [5.41, 5.74) is 0.947. The van der Waals surface area contributed by atoms with E-state index in [4.69, 9.17) is 15.0 Å². The second kappa shape index (κ2) is 6.56. The van der Waals surface area contributed by atoms with E-state index >= 15 is 0 Å². The Labute approximate surface area is 91.5 Å². The van der Waals surface area contributed by atoms with Crippen molar-refractivity contribution in [2.24, 2.45) is 0 Å². The summed E-state index contributed by atoms with van der Waals surface area (Å²) in [6.45, 7) is 2.84. The van der Waals surface area contributed by atoms with Crippen molar-refractivity contribution in [1.82, 2.24) is 0 Å². The lowest BCUT2D eigenvalue weighted by molar-refractivity contribution is -0.134. The van der Waals surface area contributed by atoms with E-state index in [0.29, 0.717) is 0 Å². The molecule has 1 aromatic rings. The summed E-state index contributed by atoms with van der Waals surface area (Å²) in [5.74, 6) is -0.833. The number of hydrogen-bond donors (Lipinski definition) is 2. The summed E-state index contributed by atoms with van der Waals surface area (Å²) < 4.78 is 1.04. The number of carboxylic acid groups (broad SMARTS) is 1. The van der Waals surface area contributed by atoms with Crippen LogP contribution in [0, 0.1) is 0 Å². The van der Waals surface area contributed by atoms with Crippen molar-refractivity contribution in [2.75, 3.05) is 0 Å². The Bertz CT molecular complexity index is 276. The van der Waals surface area contributed by atoms with Crippen LogP contribution in [0.1, 0.15) is 25.5 Å². The van der Waals surface area contributed by atoms with E-state index in [9.17, 15) is 0 Å². The molecule has 1 rings (SSSR count). The SMILES string of the molecule is CC(=O)O.C[C@H](O)c1ccc(Br)cc1. The average molecular weight is 261 g/mol. The Morgan fingerprint density at radius 2 is 1.71 bits per heavy atom. The number of hydrogen-bond acceptors (Lipinski definition) is 2. The van der Waals surface area contributed by atoms with Crippen LogP contribution in [0.5, 0.6) is 0 Å². The van der Waals surface area contributed by atoms with E-state index in [1.807, 2.05) is 24.3 Å². The van der Waals surface area contributed by atoms with Crippen molar-refractivity contribution in [3.8, 4) is 0 Å². The first-order chi connectivity index (χ1) is 6.43. The lowest BCUT2D eigenvalue weighted by atomic mass is 10.1. The van der Waals surface area contributed by atoms with Crippen LogP contribution in [0.4, 0.5) is 0 Å². The number of rotatable bonds is 1. The summed E-state index contributed by atoms with van der Waals surface area (Å²) in [7, 11) is 0. The lowest BCUT2D eigenvalue weighted by Gasteiger charge is -2.02. The maximum absolute atomic E-state index is 9.10. The Kier molecular flexibility index (Phi) is 6.16. The van der Waals surface area contributed by atoms with E-state index in [2.05, 4.69) is 15.9 Å². The van der Waals surface area contributed by atoms with Crippen LogP contribution in [0.2, 0.25) is 0 Å². The van der Waals surface area contributed by atoms with Gasteiger partial charge in [0.25, 0.3) is 5.97 Å². The van der Waals surface area contributed by atoms with Gasteiger partial charge in [0.05, 0.1) is 6.10 Å². The topological polar surface area (TPSA) is 57.5 Å². The van der Waals surface area contributed by atoms with Crippen molar-refractivity contribution in [3.63, 3.8) is 0 Å². The van der Waals surface area contributed by atoms with Gasteiger partial charge in [-0.2, -0.15) is 0 Å². The van der Waals surface area contributed by atoms with Gasteiger partial charge in [0.2, 0.25) is 0 Å². The molecule has 0 saturated heterocycles. The highest BCUT2D eigenvalue weighted by Crippen LogP contribution is 2.15. The number of aliphatic carboxylic acids is 1. The Morgan fingerprint density at radius 1 is 1.36 bits per heavy atom. The molecule has 14 heavy (non-hydrogen) atoms. The first kappa shape index (κ1) is 13.1. The molecule has 4 heteroatoms. The van der Waals surface area contributed by atoms with E-state index in [1.54, 1.807) is 6.92 Å². The van der Waals surface area contributed by atoms with Crippen molar-refractivity contribution in [2.45, 2.75) is 20.0 Å². The fraction of sp³-hybridized carbons (Fsp3) is 0.300. The van der Waals surface area contributed by atoms with Gasteiger partial charge in [-0.3, -0.25) is 4.79 Å². The third-order valence-electron chi connectivity index (χ3n) is 1.35. The van der Waals surface area contributed by atoms with Gasteiger partial charge in [0, 0.05) is 11.4 Å². The number of halogens is 1. The first-order valence-electron chi connectivity index (χ1n) is 4.06. The minimum absolute atomic E-state index is 0.368. The van der Waals surface area contributed by atoms with Crippen LogP contribution in [0.15, 0.2) is 28.7 Å². The number of carbonyl (C=O) groups is 1. The fourth-order valence-electron chi connectivity index (χ4n) is 0.741. The lowest BCUT2D eigenvalue weighted by Crippen LogP contribution is -1.88. The van der Waals surface area contributed by atoms with Crippen LogP contribution < -0.4 is 0 Å². The maximum Gasteiger partial charge on any atom is 0.300 e. The Balaban J connectivity index is 0.000000364. The minimum atomic E-state index is -0.833. The molecule has 0 aromatic heterocycles. The second-order valence-electron chi connectivity index (χ2n) is 2.75. The molecule has 0 aliphatic carbocycles. The number of carboxylic acids is 1. The smallest absolute Gasteiger partial charge is 0.300 e. The molecule has 0 fully saturated rings. The normalized spacial score (nSPS) is 11.1. The standard InChI is InChI=1S/C8H9BrO.C2H4O2/c1-6(10)7-2-4-8(9)5-3-7;1-2(3)4/h2-6,10H,1H3;1H3,(H,3,4)/t6-;/m0./s1. The van der Waals surface area contributed by atoms with Crippen LogP contribution in [-0.2, 0) is 4.79 Å². The number of aliphatic hydroxyl groups is 1. The van der Waals surface area contributed by atoms with Gasteiger partial charge < -0.3 is 10.2 Å². The van der Waals surface area contributed by atoms with E-state index < -0.39 is 5.97 Å².